The molecule has 0 amide bonds. The molecule has 12 heteroatoms. The smallest absolute Gasteiger partial charge is 0.416 e. The second-order valence-electron chi connectivity index (χ2n) is 8.11. The summed E-state index contributed by atoms with van der Waals surface area (Å²) in [5, 5.41) is 16.2. The topological polar surface area (TPSA) is 99.6 Å². The van der Waals surface area contributed by atoms with Gasteiger partial charge in [-0.1, -0.05) is 12.1 Å². The van der Waals surface area contributed by atoms with Crippen LogP contribution in [0.25, 0.3) is 10.2 Å². The Morgan fingerprint density at radius 1 is 1.14 bits per heavy atom. The molecule has 0 atom stereocenters. The molecule has 36 heavy (non-hydrogen) atoms. The van der Waals surface area contributed by atoms with Crippen LogP contribution in [0.3, 0.4) is 0 Å². The Balaban J connectivity index is 1.49. The number of hydrogen-bond donors (Lipinski definition) is 0. The van der Waals surface area contributed by atoms with Crippen LogP contribution in [0.1, 0.15) is 34.4 Å². The SMILES string of the molecule is O=c1c2c3c(sc2ncn1/N=C/c1ccccc1Oc1ccc(C(F)(F)F)cc1[N+](=O)[O-])CCCC3. The van der Waals surface area contributed by atoms with E-state index in [1.54, 1.807) is 18.2 Å². The lowest BCUT2D eigenvalue weighted by molar-refractivity contribution is -0.385. The number of para-hydroxylation sites is 1. The number of nitrogens with zero attached hydrogens (tertiary/aromatic N) is 4. The maximum atomic E-state index is 13.1. The van der Waals surface area contributed by atoms with Crippen molar-refractivity contribution in [1.82, 2.24) is 9.66 Å². The number of fused-ring (bicyclic) bond motifs is 3. The summed E-state index contributed by atoms with van der Waals surface area (Å²) in [6.45, 7) is 0. The normalized spacial score (nSPS) is 13.8. The van der Waals surface area contributed by atoms with Crippen molar-refractivity contribution >= 4 is 33.5 Å². The molecule has 184 valence electrons. The van der Waals surface area contributed by atoms with Gasteiger partial charge in [0.25, 0.3) is 5.56 Å². The van der Waals surface area contributed by atoms with Gasteiger partial charge in [-0.25, -0.2) is 4.98 Å². The largest absolute Gasteiger partial charge is 0.449 e. The van der Waals surface area contributed by atoms with E-state index >= 15 is 0 Å². The van der Waals surface area contributed by atoms with Gasteiger partial charge in [0.1, 0.15) is 16.9 Å². The molecule has 4 aromatic rings. The fourth-order valence-electron chi connectivity index (χ4n) is 4.07. The molecule has 1 aliphatic rings. The predicted molar refractivity (Wildman–Crippen MR) is 128 cm³/mol. The van der Waals surface area contributed by atoms with Gasteiger partial charge in [-0.05, 0) is 55.5 Å². The zero-order valence-corrected chi connectivity index (χ0v) is 19.3. The molecule has 2 aromatic heterocycles. The highest BCUT2D eigenvalue weighted by Gasteiger charge is 2.33. The third-order valence-electron chi connectivity index (χ3n) is 5.80. The molecule has 0 unspecified atom stereocenters. The molecule has 0 bridgehead atoms. The summed E-state index contributed by atoms with van der Waals surface area (Å²) in [5.74, 6) is -0.252. The number of rotatable bonds is 5. The van der Waals surface area contributed by atoms with Gasteiger partial charge in [-0.3, -0.25) is 14.9 Å². The minimum Gasteiger partial charge on any atom is -0.449 e. The number of halogens is 3. The molecule has 1 aliphatic carbocycles. The first kappa shape index (κ1) is 23.7. The first-order valence-corrected chi connectivity index (χ1v) is 11.7. The summed E-state index contributed by atoms with van der Waals surface area (Å²) in [4.78, 5) is 29.8. The Morgan fingerprint density at radius 3 is 2.69 bits per heavy atom. The van der Waals surface area contributed by atoms with Crippen LogP contribution >= 0.6 is 11.3 Å². The van der Waals surface area contributed by atoms with Crippen molar-refractivity contribution in [3.8, 4) is 11.5 Å². The first-order chi connectivity index (χ1) is 17.2. The molecule has 2 heterocycles. The van der Waals surface area contributed by atoms with E-state index in [0.717, 1.165) is 42.0 Å². The fraction of sp³-hybridized carbons (Fsp3) is 0.208. The Bertz CT molecular complexity index is 1580. The van der Waals surface area contributed by atoms with Gasteiger partial charge in [0.2, 0.25) is 5.75 Å². The molecule has 0 radical (unpaired) electrons. The predicted octanol–water partition coefficient (Wildman–Crippen LogP) is 5.94. The minimum absolute atomic E-state index is 0.110. The molecule has 5 rings (SSSR count). The third-order valence-corrected chi connectivity index (χ3v) is 7.00. The van der Waals surface area contributed by atoms with Gasteiger partial charge in [-0.15, -0.1) is 11.3 Å². The number of ether oxygens (including phenoxy) is 1. The van der Waals surface area contributed by atoms with Crippen LogP contribution in [-0.2, 0) is 19.0 Å². The van der Waals surface area contributed by atoms with Crippen molar-refractivity contribution in [2.75, 3.05) is 0 Å². The molecular weight excluding hydrogens is 497 g/mol. The molecule has 0 spiro atoms. The van der Waals surface area contributed by atoms with E-state index in [0.29, 0.717) is 27.9 Å². The summed E-state index contributed by atoms with van der Waals surface area (Å²) < 4.78 is 45.7. The van der Waals surface area contributed by atoms with Crippen LogP contribution in [0, 0.1) is 10.1 Å². The van der Waals surface area contributed by atoms with Crippen LogP contribution in [-0.4, -0.2) is 20.8 Å². The van der Waals surface area contributed by atoms with Gasteiger partial charge in [-0.2, -0.15) is 22.9 Å². The number of hydrogen-bond acceptors (Lipinski definition) is 7. The van der Waals surface area contributed by atoms with Crippen LogP contribution in [0.15, 0.2) is 58.7 Å². The van der Waals surface area contributed by atoms with Gasteiger partial charge >= 0.3 is 11.9 Å². The highest BCUT2D eigenvalue weighted by atomic mass is 32.1. The van der Waals surface area contributed by atoms with Crippen molar-refractivity contribution in [1.29, 1.82) is 0 Å². The van der Waals surface area contributed by atoms with E-state index in [-0.39, 0.29) is 17.1 Å². The van der Waals surface area contributed by atoms with Gasteiger partial charge in [0.15, 0.2) is 0 Å². The van der Waals surface area contributed by atoms with Gasteiger partial charge in [0.05, 0.1) is 22.1 Å². The molecule has 0 fully saturated rings. The standard InChI is InChI=1S/C24H17F3N4O4S/c25-24(26,27)15-9-10-19(17(11-15)31(33)34)35-18-7-3-1-5-14(18)12-29-30-13-28-22-21(23(30)32)16-6-2-4-8-20(16)36-22/h1,3,5,7,9-13H,2,4,6,8H2/b29-12+. The third kappa shape index (κ3) is 4.47. The number of benzene rings is 2. The molecule has 0 aliphatic heterocycles. The average molecular weight is 514 g/mol. The van der Waals surface area contributed by atoms with E-state index < -0.39 is 22.4 Å². The first-order valence-electron chi connectivity index (χ1n) is 10.9. The van der Waals surface area contributed by atoms with Crippen molar-refractivity contribution in [2.45, 2.75) is 31.9 Å². The van der Waals surface area contributed by atoms with Crippen molar-refractivity contribution in [3.05, 3.63) is 90.8 Å². The van der Waals surface area contributed by atoms with E-state index in [4.69, 9.17) is 4.74 Å². The van der Waals surface area contributed by atoms with E-state index in [1.165, 1.54) is 34.8 Å². The quantitative estimate of drug-likeness (QED) is 0.187. The minimum atomic E-state index is -4.74. The van der Waals surface area contributed by atoms with Crippen LogP contribution in [0.2, 0.25) is 0 Å². The summed E-state index contributed by atoms with van der Waals surface area (Å²) >= 11 is 1.53. The number of alkyl halides is 3. The summed E-state index contributed by atoms with van der Waals surface area (Å²) in [5.41, 5.74) is -0.904. The highest BCUT2D eigenvalue weighted by molar-refractivity contribution is 7.18. The van der Waals surface area contributed by atoms with Gasteiger partial charge in [0, 0.05) is 16.5 Å². The van der Waals surface area contributed by atoms with E-state index in [2.05, 4.69) is 10.1 Å². The van der Waals surface area contributed by atoms with Gasteiger partial charge < -0.3 is 4.74 Å². The maximum Gasteiger partial charge on any atom is 0.416 e. The number of nitro groups is 1. The molecule has 0 N–H and O–H groups in total. The lowest BCUT2D eigenvalue weighted by Gasteiger charge is -2.11. The Morgan fingerprint density at radius 2 is 1.92 bits per heavy atom. The van der Waals surface area contributed by atoms with E-state index in [1.807, 2.05) is 0 Å². The second kappa shape index (κ2) is 9.19. The van der Waals surface area contributed by atoms with Crippen molar-refractivity contribution in [2.24, 2.45) is 5.10 Å². The lowest BCUT2D eigenvalue weighted by Crippen LogP contribution is -2.18. The molecular formula is C24H17F3N4O4S. The molecule has 8 nitrogen and oxygen atoms in total. The molecule has 2 aromatic carbocycles. The summed E-state index contributed by atoms with van der Waals surface area (Å²) in [7, 11) is 0. The number of aromatic nitrogens is 2. The second-order valence-corrected chi connectivity index (χ2v) is 9.19. The zero-order chi connectivity index (χ0) is 25.4. The van der Waals surface area contributed by atoms with Crippen molar-refractivity contribution < 1.29 is 22.8 Å². The summed E-state index contributed by atoms with van der Waals surface area (Å²) in [6, 6.07) is 8.38. The monoisotopic (exact) mass is 514 g/mol. The Hall–Kier alpha value is -4.06. The Kier molecular flexibility index (Phi) is 6.04. The zero-order valence-electron chi connectivity index (χ0n) is 18.5. The Labute approximate surface area is 205 Å². The molecule has 0 saturated heterocycles. The number of aryl methyl sites for hydroxylation is 2. The van der Waals surface area contributed by atoms with Crippen LogP contribution in [0.4, 0.5) is 18.9 Å². The number of nitro benzene ring substituents is 1. The fourth-order valence-corrected chi connectivity index (χ4v) is 5.28. The van der Waals surface area contributed by atoms with Crippen LogP contribution in [0.5, 0.6) is 11.5 Å². The highest BCUT2D eigenvalue weighted by Crippen LogP contribution is 2.38. The van der Waals surface area contributed by atoms with Crippen molar-refractivity contribution in [3.63, 3.8) is 0 Å². The van der Waals surface area contributed by atoms with E-state index in [9.17, 15) is 28.1 Å². The summed E-state index contributed by atoms with van der Waals surface area (Å²) in [6.07, 6.45) is 1.77. The molecule has 0 saturated carbocycles. The average Bonchev–Trinajstić information content (AvgIpc) is 3.23. The maximum absolute atomic E-state index is 13.1. The van der Waals surface area contributed by atoms with Crippen LogP contribution < -0.4 is 10.3 Å². The lowest BCUT2D eigenvalue weighted by atomic mass is 9.97. The number of thiophene rings is 1.